The fourth-order valence-electron chi connectivity index (χ4n) is 2.66. The zero-order valence-electron chi connectivity index (χ0n) is 16.4. The summed E-state index contributed by atoms with van der Waals surface area (Å²) in [4.78, 5) is 23.5. The van der Waals surface area contributed by atoms with Crippen LogP contribution in [0.2, 0.25) is 10.0 Å². The highest BCUT2D eigenvalue weighted by molar-refractivity contribution is 7.89. The van der Waals surface area contributed by atoms with Crippen molar-refractivity contribution in [3.05, 3.63) is 63.6 Å². The first-order chi connectivity index (χ1) is 14.0. The quantitative estimate of drug-likeness (QED) is 0.514. The summed E-state index contributed by atoms with van der Waals surface area (Å²) in [6, 6.07) is 9.11. The monoisotopic (exact) mass is 472 g/mol. The molecule has 0 heterocycles. The minimum absolute atomic E-state index is 0.00827. The summed E-state index contributed by atoms with van der Waals surface area (Å²) < 4.78 is 27.2. The smallest absolute Gasteiger partial charge is 0.321 e. The first-order valence-electron chi connectivity index (χ1n) is 9.07. The summed E-state index contributed by atoms with van der Waals surface area (Å²) in [5, 5.41) is 12.6. The molecular formula is C20H22Cl2N2O5S. The SMILES string of the molecule is CC(C)C[C@H](NS(=O)(=O)c1ccc(CNC(=O)c2ccc(Cl)cc2Cl)cc1)C(=O)O. The lowest BCUT2D eigenvalue weighted by atomic mass is 10.1. The van der Waals surface area contributed by atoms with Gasteiger partial charge >= 0.3 is 5.97 Å². The highest BCUT2D eigenvalue weighted by atomic mass is 35.5. The Morgan fingerprint density at radius 1 is 1.07 bits per heavy atom. The van der Waals surface area contributed by atoms with Gasteiger partial charge in [-0.1, -0.05) is 49.2 Å². The maximum atomic E-state index is 12.5. The van der Waals surface area contributed by atoms with Gasteiger partial charge in [-0.2, -0.15) is 4.72 Å². The molecule has 0 bridgehead atoms. The van der Waals surface area contributed by atoms with E-state index in [2.05, 4.69) is 10.0 Å². The number of amides is 1. The van der Waals surface area contributed by atoms with Crippen molar-refractivity contribution in [2.45, 2.75) is 37.8 Å². The highest BCUT2D eigenvalue weighted by Gasteiger charge is 2.26. The predicted octanol–water partition coefficient (Wildman–Crippen LogP) is 3.70. The second-order valence-corrected chi connectivity index (χ2v) is 9.65. The largest absolute Gasteiger partial charge is 0.480 e. The van der Waals surface area contributed by atoms with Crippen LogP contribution in [0.4, 0.5) is 0 Å². The van der Waals surface area contributed by atoms with E-state index in [1.807, 2.05) is 13.8 Å². The van der Waals surface area contributed by atoms with Gasteiger partial charge in [0.05, 0.1) is 15.5 Å². The van der Waals surface area contributed by atoms with Crippen molar-refractivity contribution in [1.82, 2.24) is 10.0 Å². The maximum absolute atomic E-state index is 12.5. The molecule has 0 aliphatic rings. The number of hydrogen-bond acceptors (Lipinski definition) is 4. The molecule has 1 atom stereocenters. The van der Waals surface area contributed by atoms with Gasteiger partial charge in [-0.25, -0.2) is 8.42 Å². The number of sulfonamides is 1. The number of nitrogens with one attached hydrogen (secondary N) is 2. The lowest BCUT2D eigenvalue weighted by Crippen LogP contribution is -2.41. The summed E-state index contributed by atoms with van der Waals surface area (Å²) in [7, 11) is -4.00. The molecule has 2 aromatic carbocycles. The molecule has 0 saturated heterocycles. The third-order valence-corrected chi connectivity index (χ3v) is 6.20. The summed E-state index contributed by atoms with van der Waals surface area (Å²) in [5.74, 6) is -1.62. The summed E-state index contributed by atoms with van der Waals surface area (Å²) in [6.07, 6.45) is 0.173. The van der Waals surface area contributed by atoms with Crippen molar-refractivity contribution in [1.29, 1.82) is 0 Å². The molecule has 0 radical (unpaired) electrons. The molecule has 2 rings (SSSR count). The van der Waals surface area contributed by atoms with E-state index in [-0.39, 0.29) is 34.4 Å². The summed E-state index contributed by atoms with van der Waals surface area (Å²) in [6.45, 7) is 3.77. The Labute approximate surface area is 185 Å². The predicted molar refractivity (Wildman–Crippen MR) is 115 cm³/mol. The summed E-state index contributed by atoms with van der Waals surface area (Å²) in [5.41, 5.74) is 0.929. The van der Waals surface area contributed by atoms with E-state index in [0.29, 0.717) is 10.6 Å². The van der Waals surface area contributed by atoms with Crippen LogP contribution in [0.3, 0.4) is 0 Å². The Kier molecular flexibility index (Phi) is 8.25. The van der Waals surface area contributed by atoms with Gasteiger partial charge in [0.2, 0.25) is 10.0 Å². The van der Waals surface area contributed by atoms with E-state index in [0.717, 1.165) is 0 Å². The van der Waals surface area contributed by atoms with Crippen molar-refractivity contribution in [2.75, 3.05) is 0 Å². The highest BCUT2D eigenvalue weighted by Crippen LogP contribution is 2.21. The second-order valence-electron chi connectivity index (χ2n) is 7.09. The van der Waals surface area contributed by atoms with Crippen LogP contribution in [0.25, 0.3) is 0 Å². The molecule has 3 N–H and O–H groups in total. The second kappa shape index (κ2) is 10.3. The molecule has 0 saturated carbocycles. The fourth-order valence-corrected chi connectivity index (χ4v) is 4.36. The number of carbonyl (C=O) groups excluding carboxylic acids is 1. The fraction of sp³-hybridized carbons (Fsp3) is 0.300. The molecule has 7 nitrogen and oxygen atoms in total. The maximum Gasteiger partial charge on any atom is 0.321 e. The van der Waals surface area contributed by atoms with Crippen molar-refractivity contribution in [2.24, 2.45) is 5.92 Å². The van der Waals surface area contributed by atoms with Gasteiger partial charge in [0.1, 0.15) is 6.04 Å². The zero-order valence-corrected chi connectivity index (χ0v) is 18.7. The minimum atomic E-state index is -4.00. The van der Waals surface area contributed by atoms with Crippen LogP contribution in [0.15, 0.2) is 47.4 Å². The number of carbonyl (C=O) groups is 2. The van der Waals surface area contributed by atoms with E-state index in [1.165, 1.54) is 36.4 Å². The summed E-state index contributed by atoms with van der Waals surface area (Å²) >= 11 is 11.8. The molecule has 0 unspecified atom stereocenters. The van der Waals surface area contributed by atoms with E-state index in [4.69, 9.17) is 23.2 Å². The van der Waals surface area contributed by atoms with Crippen LogP contribution in [-0.2, 0) is 21.4 Å². The van der Waals surface area contributed by atoms with Gasteiger partial charge in [-0.15, -0.1) is 0 Å². The Bertz CT molecular complexity index is 1020. The van der Waals surface area contributed by atoms with Crippen molar-refractivity contribution >= 4 is 45.1 Å². The third-order valence-electron chi connectivity index (χ3n) is 4.17. The number of carboxylic acid groups (broad SMARTS) is 1. The standard InChI is InChI=1S/C20H22Cl2N2O5S/c1-12(2)9-18(20(26)27)24-30(28,29)15-6-3-13(4-7-15)11-23-19(25)16-8-5-14(21)10-17(16)22/h3-8,10,12,18,24H,9,11H2,1-2H3,(H,23,25)(H,26,27)/t18-/m0/s1. The van der Waals surface area contributed by atoms with Crippen LogP contribution in [0, 0.1) is 5.92 Å². The van der Waals surface area contributed by atoms with Crippen LogP contribution < -0.4 is 10.0 Å². The van der Waals surface area contributed by atoms with Gasteiger partial charge < -0.3 is 10.4 Å². The molecule has 0 fully saturated rings. The van der Waals surface area contributed by atoms with Crippen LogP contribution >= 0.6 is 23.2 Å². The first-order valence-corrected chi connectivity index (χ1v) is 11.3. The molecule has 0 aliphatic carbocycles. The molecule has 1 amide bonds. The van der Waals surface area contributed by atoms with Gasteiger partial charge in [0.25, 0.3) is 5.91 Å². The Morgan fingerprint density at radius 2 is 1.70 bits per heavy atom. The normalized spacial score (nSPS) is 12.6. The molecule has 162 valence electrons. The Balaban J connectivity index is 2.04. The third kappa shape index (κ3) is 6.70. The van der Waals surface area contributed by atoms with Crippen LogP contribution in [0.1, 0.15) is 36.2 Å². The molecule has 30 heavy (non-hydrogen) atoms. The van der Waals surface area contributed by atoms with Crippen LogP contribution in [-0.4, -0.2) is 31.4 Å². The first kappa shape index (κ1) is 24.1. The van der Waals surface area contributed by atoms with Gasteiger partial charge in [-0.05, 0) is 48.2 Å². The lowest BCUT2D eigenvalue weighted by Gasteiger charge is -2.16. The average molecular weight is 473 g/mol. The van der Waals surface area contributed by atoms with Crippen molar-refractivity contribution < 1.29 is 23.1 Å². The van der Waals surface area contributed by atoms with Crippen LogP contribution in [0.5, 0.6) is 0 Å². The van der Waals surface area contributed by atoms with E-state index in [1.54, 1.807) is 6.07 Å². The average Bonchev–Trinajstić information content (AvgIpc) is 2.65. The Morgan fingerprint density at radius 3 is 2.23 bits per heavy atom. The van der Waals surface area contributed by atoms with E-state index >= 15 is 0 Å². The molecular weight excluding hydrogens is 451 g/mol. The Hall–Kier alpha value is -2.13. The number of carboxylic acids is 1. The molecule has 0 aliphatic heterocycles. The minimum Gasteiger partial charge on any atom is -0.480 e. The number of hydrogen-bond donors (Lipinski definition) is 3. The number of aliphatic carboxylic acids is 1. The number of benzene rings is 2. The van der Waals surface area contributed by atoms with Gasteiger partial charge in [0, 0.05) is 11.6 Å². The van der Waals surface area contributed by atoms with Crippen molar-refractivity contribution in [3.8, 4) is 0 Å². The van der Waals surface area contributed by atoms with E-state index in [9.17, 15) is 23.1 Å². The van der Waals surface area contributed by atoms with E-state index < -0.39 is 27.9 Å². The zero-order chi connectivity index (χ0) is 22.5. The molecule has 2 aromatic rings. The number of rotatable bonds is 9. The number of halogens is 2. The van der Waals surface area contributed by atoms with Crippen molar-refractivity contribution in [3.63, 3.8) is 0 Å². The molecule has 0 spiro atoms. The van der Waals surface area contributed by atoms with Gasteiger partial charge in [-0.3, -0.25) is 9.59 Å². The van der Waals surface area contributed by atoms with Gasteiger partial charge in [0.15, 0.2) is 0 Å². The molecule has 0 aromatic heterocycles. The lowest BCUT2D eigenvalue weighted by molar-refractivity contribution is -0.139. The topological polar surface area (TPSA) is 113 Å². The molecule has 10 heteroatoms.